The minimum absolute atomic E-state index is 0.0563. The van der Waals surface area contributed by atoms with Gasteiger partial charge >= 0.3 is 0 Å². The first kappa shape index (κ1) is 19.4. The summed E-state index contributed by atoms with van der Waals surface area (Å²) in [4.78, 5) is 13.5. The summed E-state index contributed by atoms with van der Waals surface area (Å²) >= 11 is 0. The van der Waals surface area contributed by atoms with E-state index in [0.717, 1.165) is 6.42 Å². The summed E-state index contributed by atoms with van der Waals surface area (Å²) in [6, 6.07) is 4.89. The Balaban J connectivity index is 2.78. The van der Waals surface area contributed by atoms with Crippen LogP contribution in [0.1, 0.15) is 32.8 Å². The lowest BCUT2D eigenvalue weighted by atomic mass is 10.2. The Kier molecular flexibility index (Phi) is 7.02. The van der Waals surface area contributed by atoms with Crippen molar-refractivity contribution in [3.8, 4) is 5.75 Å². The van der Waals surface area contributed by atoms with Gasteiger partial charge in [0.1, 0.15) is 5.75 Å². The normalized spacial score (nSPS) is 12.7. The highest BCUT2D eigenvalue weighted by Gasteiger charge is 2.19. The minimum Gasteiger partial charge on any atom is -0.497 e. The zero-order valence-electron chi connectivity index (χ0n) is 14.4. The smallest absolute Gasteiger partial charge is 0.240 e. The second kappa shape index (κ2) is 8.31. The van der Waals surface area contributed by atoms with Crippen LogP contribution in [0.15, 0.2) is 23.1 Å². The Hall–Kier alpha value is -1.60. The van der Waals surface area contributed by atoms with Gasteiger partial charge in [-0.15, -0.1) is 0 Å². The van der Waals surface area contributed by atoms with Gasteiger partial charge < -0.3 is 9.64 Å². The zero-order valence-corrected chi connectivity index (χ0v) is 15.2. The van der Waals surface area contributed by atoms with E-state index in [4.69, 9.17) is 4.74 Å². The summed E-state index contributed by atoms with van der Waals surface area (Å²) in [7, 11) is -2.08. The summed E-state index contributed by atoms with van der Waals surface area (Å²) in [5.74, 6) is 0.556. The molecule has 0 aliphatic heterocycles. The van der Waals surface area contributed by atoms with Crippen molar-refractivity contribution in [1.82, 2.24) is 9.62 Å². The minimum atomic E-state index is -3.61. The second-order valence-corrected chi connectivity index (χ2v) is 7.23. The summed E-state index contributed by atoms with van der Waals surface area (Å²) < 4.78 is 32.4. The highest BCUT2D eigenvalue weighted by molar-refractivity contribution is 7.89. The standard InChI is InChI=1S/C16H26N2O4S/c1-6-13(3)18(14(4)19)10-9-17-23(20,21)16-8-7-15(22-5)11-12(16)2/h7-8,11,13,17H,6,9-10H2,1-5H3. The number of carbonyl (C=O) groups is 1. The monoisotopic (exact) mass is 342 g/mol. The van der Waals surface area contributed by atoms with E-state index in [-0.39, 0.29) is 23.4 Å². The number of hydrogen-bond acceptors (Lipinski definition) is 4. The van der Waals surface area contributed by atoms with E-state index in [9.17, 15) is 13.2 Å². The number of carbonyl (C=O) groups excluding carboxylic acids is 1. The van der Waals surface area contributed by atoms with Crippen LogP contribution < -0.4 is 9.46 Å². The Morgan fingerprint density at radius 2 is 2.04 bits per heavy atom. The predicted octanol–water partition coefficient (Wildman–Crippen LogP) is 1.93. The fourth-order valence-corrected chi connectivity index (χ4v) is 3.58. The molecule has 0 spiro atoms. The average Bonchev–Trinajstić information content (AvgIpc) is 2.49. The van der Waals surface area contributed by atoms with Crippen molar-refractivity contribution in [1.29, 1.82) is 0 Å². The first-order valence-electron chi connectivity index (χ1n) is 7.64. The number of rotatable bonds is 8. The van der Waals surface area contributed by atoms with E-state index in [1.54, 1.807) is 24.0 Å². The summed E-state index contributed by atoms with van der Waals surface area (Å²) in [6.07, 6.45) is 0.823. The van der Waals surface area contributed by atoms with E-state index in [0.29, 0.717) is 17.9 Å². The first-order chi connectivity index (χ1) is 10.7. The van der Waals surface area contributed by atoms with Crippen LogP contribution in [-0.4, -0.2) is 45.5 Å². The Morgan fingerprint density at radius 3 is 2.52 bits per heavy atom. The van der Waals surface area contributed by atoms with Crippen molar-refractivity contribution in [3.63, 3.8) is 0 Å². The van der Waals surface area contributed by atoms with Crippen LogP contribution in [0.25, 0.3) is 0 Å². The molecule has 7 heteroatoms. The number of nitrogens with zero attached hydrogens (tertiary/aromatic N) is 1. The fraction of sp³-hybridized carbons (Fsp3) is 0.562. The Labute approximate surface area is 138 Å². The van der Waals surface area contributed by atoms with Gasteiger partial charge in [0.05, 0.1) is 12.0 Å². The van der Waals surface area contributed by atoms with Crippen LogP contribution in [0.3, 0.4) is 0 Å². The van der Waals surface area contributed by atoms with Crippen LogP contribution in [-0.2, 0) is 14.8 Å². The SMILES string of the molecule is CCC(C)N(CCNS(=O)(=O)c1ccc(OC)cc1C)C(C)=O. The first-order valence-corrected chi connectivity index (χ1v) is 9.12. The van der Waals surface area contributed by atoms with Crippen molar-refractivity contribution < 1.29 is 17.9 Å². The number of sulfonamides is 1. The van der Waals surface area contributed by atoms with Gasteiger partial charge in [-0.3, -0.25) is 4.79 Å². The molecule has 0 saturated carbocycles. The molecule has 1 N–H and O–H groups in total. The molecule has 0 saturated heterocycles. The number of methoxy groups -OCH3 is 1. The van der Waals surface area contributed by atoms with Gasteiger partial charge in [0.2, 0.25) is 15.9 Å². The molecule has 0 bridgehead atoms. The number of hydrogen-bond donors (Lipinski definition) is 1. The molecule has 23 heavy (non-hydrogen) atoms. The molecule has 0 aliphatic carbocycles. The topological polar surface area (TPSA) is 75.7 Å². The molecular weight excluding hydrogens is 316 g/mol. The van der Waals surface area contributed by atoms with E-state index in [1.165, 1.54) is 20.1 Å². The second-order valence-electron chi connectivity index (χ2n) is 5.50. The van der Waals surface area contributed by atoms with E-state index >= 15 is 0 Å². The van der Waals surface area contributed by atoms with Crippen molar-refractivity contribution >= 4 is 15.9 Å². The van der Waals surface area contributed by atoms with Gasteiger partial charge in [-0.05, 0) is 44.0 Å². The molecule has 6 nitrogen and oxygen atoms in total. The van der Waals surface area contributed by atoms with Crippen molar-refractivity contribution in [3.05, 3.63) is 23.8 Å². The van der Waals surface area contributed by atoms with Crippen LogP contribution in [0.4, 0.5) is 0 Å². The van der Waals surface area contributed by atoms with E-state index in [2.05, 4.69) is 4.72 Å². The lowest BCUT2D eigenvalue weighted by Gasteiger charge is -2.27. The third-order valence-corrected chi connectivity index (χ3v) is 5.47. The number of benzene rings is 1. The lowest BCUT2D eigenvalue weighted by Crippen LogP contribution is -2.42. The Morgan fingerprint density at radius 1 is 1.39 bits per heavy atom. The van der Waals surface area contributed by atoms with Crippen LogP contribution >= 0.6 is 0 Å². The maximum atomic E-state index is 12.4. The van der Waals surface area contributed by atoms with Crippen molar-refractivity contribution in [2.75, 3.05) is 20.2 Å². The lowest BCUT2D eigenvalue weighted by molar-refractivity contribution is -0.130. The summed E-state index contributed by atoms with van der Waals surface area (Å²) in [5, 5.41) is 0. The van der Waals surface area contributed by atoms with Gasteiger partial charge in [-0.25, -0.2) is 13.1 Å². The third-order valence-electron chi connectivity index (χ3n) is 3.84. The number of nitrogens with one attached hydrogen (secondary N) is 1. The predicted molar refractivity (Wildman–Crippen MR) is 90.1 cm³/mol. The zero-order chi connectivity index (χ0) is 17.6. The molecule has 130 valence electrons. The van der Waals surface area contributed by atoms with Crippen LogP contribution in [0.5, 0.6) is 5.75 Å². The molecule has 0 aromatic heterocycles. The van der Waals surface area contributed by atoms with Gasteiger partial charge in [0.15, 0.2) is 0 Å². The molecule has 0 heterocycles. The maximum absolute atomic E-state index is 12.4. The van der Waals surface area contributed by atoms with Gasteiger partial charge in [0, 0.05) is 26.1 Å². The Bertz CT molecular complexity index is 643. The highest BCUT2D eigenvalue weighted by atomic mass is 32.2. The highest BCUT2D eigenvalue weighted by Crippen LogP contribution is 2.20. The summed E-state index contributed by atoms with van der Waals surface area (Å²) in [6.45, 7) is 7.68. The molecule has 1 rings (SSSR count). The maximum Gasteiger partial charge on any atom is 0.240 e. The molecule has 0 fully saturated rings. The summed E-state index contributed by atoms with van der Waals surface area (Å²) in [5.41, 5.74) is 0.613. The quantitative estimate of drug-likeness (QED) is 0.783. The van der Waals surface area contributed by atoms with Gasteiger partial charge in [-0.1, -0.05) is 6.92 Å². The molecule has 0 radical (unpaired) electrons. The fourth-order valence-electron chi connectivity index (χ4n) is 2.34. The molecule has 1 aromatic rings. The van der Waals surface area contributed by atoms with E-state index in [1.807, 2.05) is 13.8 Å². The van der Waals surface area contributed by atoms with Crippen molar-refractivity contribution in [2.24, 2.45) is 0 Å². The molecule has 0 aliphatic rings. The molecule has 1 amide bonds. The largest absolute Gasteiger partial charge is 0.497 e. The van der Waals surface area contributed by atoms with Crippen LogP contribution in [0, 0.1) is 6.92 Å². The molecular formula is C16H26N2O4S. The number of aryl methyl sites for hydroxylation is 1. The van der Waals surface area contributed by atoms with Crippen molar-refractivity contribution in [2.45, 2.75) is 45.1 Å². The molecule has 1 atom stereocenters. The number of amides is 1. The third kappa shape index (κ3) is 5.21. The average molecular weight is 342 g/mol. The van der Waals surface area contributed by atoms with E-state index < -0.39 is 10.0 Å². The van der Waals surface area contributed by atoms with Crippen LogP contribution in [0.2, 0.25) is 0 Å². The molecule has 1 unspecified atom stereocenters. The van der Waals surface area contributed by atoms with Gasteiger partial charge in [-0.2, -0.15) is 0 Å². The number of ether oxygens (including phenoxy) is 1. The molecule has 1 aromatic carbocycles. The van der Waals surface area contributed by atoms with Gasteiger partial charge in [0.25, 0.3) is 0 Å².